The van der Waals surface area contributed by atoms with Crippen LogP contribution < -0.4 is 5.32 Å². The van der Waals surface area contributed by atoms with Gasteiger partial charge in [-0.25, -0.2) is 18.1 Å². The summed E-state index contributed by atoms with van der Waals surface area (Å²) in [5, 5.41) is 7.38. The molecule has 0 aliphatic carbocycles. The first kappa shape index (κ1) is 18.4. The average molecular weight is 396 g/mol. The number of carbonyl (C=O) groups excluding carboxylic acids is 1. The number of fused-ring (bicyclic) bond motifs is 1. The summed E-state index contributed by atoms with van der Waals surface area (Å²) in [7, 11) is -3.26. The van der Waals surface area contributed by atoms with Crippen molar-refractivity contribution in [3.8, 4) is 5.82 Å². The van der Waals surface area contributed by atoms with E-state index in [9.17, 15) is 13.2 Å². The molecule has 1 unspecified atom stereocenters. The summed E-state index contributed by atoms with van der Waals surface area (Å²) in [6.45, 7) is 1.88. The Kier molecular flexibility index (Phi) is 4.72. The first-order valence-corrected chi connectivity index (χ1v) is 10.8. The van der Waals surface area contributed by atoms with Crippen molar-refractivity contribution in [1.29, 1.82) is 0 Å². The van der Waals surface area contributed by atoms with E-state index in [1.165, 1.54) is 0 Å². The Morgan fingerprint density at radius 1 is 1.14 bits per heavy atom. The molecule has 1 N–H and O–H groups in total. The topological polar surface area (TPSA) is 93.9 Å². The Balaban J connectivity index is 1.72. The van der Waals surface area contributed by atoms with Crippen LogP contribution in [0, 0.1) is 0 Å². The molecule has 0 saturated carbocycles. The van der Waals surface area contributed by atoms with Crippen molar-refractivity contribution in [1.82, 2.24) is 20.1 Å². The molecule has 144 valence electrons. The number of rotatable bonds is 4. The number of aromatic nitrogens is 3. The van der Waals surface area contributed by atoms with Crippen LogP contribution in [0.5, 0.6) is 0 Å². The van der Waals surface area contributed by atoms with Crippen LogP contribution in [0.25, 0.3) is 5.82 Å². The van der Waals surface area contributed by atoms with Crippen LogP contribution in [0.1, 0.15) is 40.3 Å². The van der Waals surface area contributed by atoms with Crippen molar-refractivity contribution in [2.24, 2.45) is 0 Å². The Morgan fingerprint density at radius 2 is 1.89 bits per heavy atom. The second-order valence-electron chi connectivity index (χ2n) is 6.82. The summed E-state index contributed by atoms with van der Waals surface area (Å²) in [4.78, 5) is 17.2. The van der Waals surface area contributed by atoms with Crippen molar-refractivity contribution in [2.45, 2.75) is 25.1 Å². The Morgan fingerprint density at radius 3 is 2.61 bits per heavy atom. The summed E-state index contributed by atoms with van der Waals surface area (Å²) >= 11 is 0. The fourth-order valence-corrected chi connectivity index (χ4v) is 4.77. The van der Waals surface area contributed by atoms with E-state index in [1.807, 2.05) is 43.3 Å². The zero-order valence-electron chi connectivity index (χ0n) is 15.4. The number of pyridine rings is 1. The molecule has 0 radical (unpaired) electrons. The zero-order chi connectivity index (χ0) is 19.7. The fourth-order valence-electron chi connectivity index (χ4n) is 3.38. The molecular formula is C20H20N4O3S. The SMILES string of the molecule is CC(NC(=O)c1nn(-c2ccccn2)c2c1CS(=O)(=O)CC2)c1ccccc1. The predicted octanol–water partition coefficient (Wildman–Crippen LogP) is 2.23. The van der Waals surface area contributed by atoms with Gasteiger partial charge in [-0.1, -0.05) is 36.4 Å². The number of nitrogens with zero attached hydrogens (tertiary/aromatic N) is 3. The lowest BCUT2D eigenvalue weighted by atomic mass is 10.1. The summed E-state index contributed by atoms with van der Waals surface area (Å²) in [5.74, 6) is 0.0325. The minimum atomic E-state index is -3.26. The zero-order valence-corrected chi connectivity index (χ0v) is 16.2. The minimum absolute atomic E-state index is 0.0417. The number of amides is 1. The maximum Gasteiger partial charge on any atom is 0.272 e. The number of hydrogen-bond donors (Lipinski definition) is 1. The molecule has 28 heavy (non-hydrogen) atoms. The van der Waals surface area contributed by atoms with Crippen molar-refractivity contribution >= 4 is 15.7 Å². The monoisotopic (exact) mass is 396 g/mol. The highest BCUT2D eigenvalue weighted by molar-refractivity contribution is 7.90. The van der Waals surface area contributed by atoms with Gasteiger partial charge in [0.15, 0.2) is 21.3 Å². The van der Waals surface area contributed by atoms with Gasteiger partial charge in [0.2, 0.25) is 0 Å². The van der Waals surface area contributed by atoms with Crippen LogP contribution in [-0.2, 0) is 22.0 Å². The molecule has 8 heteroatoms. The van der Waals surface area contributed by atoms with E-state index in [2.05, 4.69) is 15.4 Å². The van der Waals surface area contributed by atoms with Gasteiger partial charge in [0.1, 0.15) is 0 Å². The van der Waals surface area contributed by atoms with Crippen LogP contribution in [-0.4, -0.2) is 34.8 Å². The number of hydrogen-bond acceptors (Lipinski definition) is 5. The van der Waals surface area contributed by atoms with E-state index in [1.54, 1.807) is 23.0 Å². The van der Waals surface area contributed by atoms with Gasteiger partial charge in [-0.15, -0.1) is 0 Å². The first-order chi connectivity index (χ1) is 13.4. The molecule has 3 aromatic rings. The number of sulfone groups is 1. The van der Waals surface area contributed by atoms with E-state index in [0.717, 1.165) is 11.3 Å². The lowest BCUT2D eigenvalue weighted by Crippen LogP contribution is -2.29. The highest BCUT2D eigenvalue weighted by Gasteiger charge is 2.32. The molecule has 3 heterocycles. The van der Waals surface area contributed by atoms with Gasteiger partial charge in [0.25, 0.3) is 5.91 Å². The molecule has 4 rings (SSSR count). The second kappa shape index (κ2) is 7.20. The van der Waals surface area contributed by atoms with Crippen molar-refractivity contribution in [2.75, 3.05) is 5.75 Å². The van der Waals surface area contributed by atoms with E-state index in [4.69, 9.17) is 0 Å². The third-order valence-electron chi connectivity index (χ3n) is 4.83. The molecule has 0 bridgehead atoms. The summed E-state index contributed by atoms with van der Waals surface area (Å²) in [6, 6.07) is 14.7. The Labute approximate surface area is 163 Å². The van der Waals surface area contributed by atoms with E-state index < -0.39 is 9.84 Å². The second-order valence-corrected chi connectivity index (χ2v) is 9.01. The normalized spacial score (nSPS) is 16.2. The number of carbonyl (C=O) groups is 1. The van der Waals surface area contributed by atoms with Crippen molar-refractivity contribution in [3.05, 3.63) is 77.2 Å². The minimum Gasteiger partial charge on any atom is -0.344 e. The molecular weight excluding hydrogens is 376 g/mol. The van der Waals surface area contributed by atoms with E-state index >= 15 is 0 Å². The Hall–Kier alpha value is -3.00. The van der Waals surface area contributed by atoms with Gasteiger partial charge in [0.05, 0.1) is 23.2 Å². The first-order valence-electron chi connectivity index (χ1n) is 9.03. The molecule has 0 fully saturated rings. The largest absolute Gasteiger partial charge is 0.344 e. The van der Waals surface area contributed by atoms with Crippen LogP contribution in [0.4, 0.5) is 0 Å². The molecule has 1 amide bonds. The average Bonchev–Trinajstić information content (AvgIpc) is 3.07. The number of nitrogens with one attached hydrogen (secondary N) is 1. The summed E-state index contributed by atoms with van der Waals surface area (Å²) in [6.07, 6.45) is 1.95. The summed E-state index contributed by atoms with van der Waals surface area (Å²) in [5.41, 5.74) is 2.30. The van der Waals surface area contributed by atoms with Gasteiger partial charge in [-0.05, 0) is 24.6 Å². The smallest absolute Gasteiger partial charge is 0.272 e. The Bertz CT molecular complexity index is 1110. The highest BCUT2D eigenvalue weighted by atomic mass is 32.2. The van der Waals surface area contributed by atoms with Gasteiger partial charge < -0.3 is 5.32 Å². The lowest BCUT2D eigenvalue weighted by molar-refractivity contribution is 0.0933. The molecule has 0 saturated heterocycles. The van der Waals surface area contributed by atoms with Crippen LogP contribution >= 0.6 is 0 Å². The third-order valence-corrected chi connectivity index (χ3v) is 6.39. The molecule has 1 aliphatic rings. The van der Waals surface area contributed by atoms with Gasteiger partial charge in [-0.2, -0.15) is 5.10 Å². The fraction of sp³-hybridized carbons (Fsp3) is 0.250. The highest BCUT2D eigenvalue weighted by Crippen LogP contribution is 2.26. The molecule has 7 nitrogen and oxygen atoms in total. The standard InChI is InChI=1S/C20H20N4O3S/c1-14(15-7-3-2-4-8-15)22-20(25)19-16-13-28(26,27)12-10-17(16)24(23-19)18-9-5-6-11-21-18/h2-9,11,14H,10,12-13H2,1H3,(H,22,25). The maximum absolute atomic E-state index is 13.0. The van der Waals surface area contributed by atoms with Crippen LogP contribution in [0.3, 0.4) is 0 Å². The molecule has 1 atom stereocenters. The van der Waals surface area contributed by atoms with Crippen LogP contribution in [0.15, 0.2) is 54.7 Å². The van der Waals surface area contributed by atoms with E-state index in [0.29, 0.717) is 17.8 Å². The van der Waals surface area contributed by atoms with Crippen LogP contribution in [0.2, 0.25) is 0 Å². The quantitative estimate of drug-likeness (QED) is 0.730. The van der Waals surface area contributed by atoms with Gasteiger partial charge >= 0.3 is 0 Å². The molecule has 1 aliphatic heterocycles. The predicted molar refractivity (Wildman–Crippen MR) is 105 cm³/mol. The molecule has 0 spiro atoms. The maximum atomic E-state index is 13.0. The van der Waals surface area contributed by atoms with Gasteiger partial charge in [-0.3, -0.25) is 4.79 Å². The molecule has 2 aromatic heterocycles. The summed E-state index contributed by atoms with van der Waals surface area (Å²) < 4.78 is 26.0. The van der Waals surface area contributed by atoms with Crippen molar-refractivity contribution in [3.63, 3.8) is 0 Å². The molecule has 1 aromatic carbocycles. The van der Waals surface area contributed by atoms with Gasteiger partial charge in [0, 0.05) is 18.2 Å². The third kappa shape index (κ3) is 3.55. The van der Waals surface area contributed by atoms with E-state index in [-0.39, 0.29) is 29.1 Å². The van der Waals surface area contributed by atoms with Crippen molar-refractivity contribution < 1.29 is 13.2 Å². The number of benzene rings is 1. The lowest BCUT2D eigenvalue weighted by Gasteiger charge is -2.16.